The van der Waals surface area contributed by atoms with Crippen LogP contribution >= 0.6 is 0 Å². The van der Waals surface area contributed by atoms with Crippen molar-refractivity contribution in [1.82, 2.24) is 4.98 Å². The van der Waals surface area contributed by atoms with E-state index in [0.717, 1.165) is 51.7 Å². The number of H-pyrrole nitrogens is 1. The fourth-order valence-corrected chi connectivity index (χ4v) is 4.65. The maximum absolute atomic E-state index is 12.6. The molecule has 0 amide bonds. The molecule has 5 rings (SSSR count). The molecule has 0 unspecified atom stereocenters. The first-order valence-electron chi connectivity index (χ1n) is 11.7. The van der Waals surface area contributed by atoms with E-state index in [-0.39, 0.29) is 11.7 Å². The van der Waals surface area contributed by atoms with Gasteiger partial charge in [-0.05, 0) is 74.4 Å². The van der Waals surface area contributed by atoms with Gasteiger partial charge in [0.2, 0.25) is 5.78 Å². The van der Waals surface area contributed by atoms with Gasteiger partial charge in [0.1, 0.15) is 28.6 Å². The molecule has 2 aromatic carbocycles. The Morgan fingerprint density at radius 1 is 1.14 bits per heavy atom. The minimum atomic E-state index is -0.457. The molecule has 180 valence electrons. The molecule has 3 aromatic rings. The van der Waals surface area contributed by atoms with Crippen LogP contribution in [0.25, 0.3) is 12.2 Å². The van der Waals surface area contributed by atoms with Crippen LogP contribution in [-0.4, -0.2) is 37.2 Å². The molecule has 2 aliphatic rings. The fraction of sp³-hybridized carbons (Fsp3) is 0.276. The van der Waals surface area contributed by atoms with Gasteiger partial charge in [0.25, 0.3) is 0 Å². The summed E-state index contributed by atoms with van der Waals surface area (Å²) < 4.78 is 23.7. The molecule has 0 fully saturated rings. The number of allylic oxidation sites excluding steroid dienone is 1. The van der Waals surface area contributed by atoms with Crippen LogP contribution in [-0.2, 0) is 6.42 Å². The number of fused-ring (bicyclic) bond motifs is 3. The number of ether oxygens (including phenoxy) is 4. The second-order valence-corrected chi connectivity index (χ2v) is 9.34. The van der Waals surface area contributed by atoms with Crippen molar-refractivity contribution in [2.24, 2.45) is 0 Å². The van der Waals surface area contributed by atoms with E-state index in [1.165, 1.54) is 0 Å². The van der Waals surface area contributed by atoms with Crippen LogP contribution in [0.15, 0.2) is 54.7 Å². The van der Waals surface area contributed by atoms with E-state index in [1.807, 2.05) is 50.3 Å². The summed E-state index contributed by atoms with van der Waals surface area (Å²) in [6.45, 7) is 4.55. The molecular weight excluding hydrogens is 442 g/mol. The fourth-order valence-electron chi connectivity index (χ4n) is 4.65. The molecule has 6 heteroatoms. The zero-order chi connectivity index (χ0) is 24.6. The summed E-state index contributed by atoms with van der Waals surface area (Å²) in [7, 11) is 3.31. The Morgan fingerprint density at radius 2 is 2.00 bits per heavy atom. The third-order valence-electron chi connectivity index (χ3n) is 6.44. The number of hydrogen-bond acceptors (Lipinski definition) is 5. The van der Waals surface area contributed by atoms with E-state index in [2.05, 4.69) is 17.1 Å². The number of carbonyl (C=O) groups excluding carboxylic acids is 1. The Morgan fingerprint density at radius 3 is 2.74 bits per heavy atom. The first-order chi connectivity index (χ1) is 16.9. The zero-order valence-corrected chi connectivity index (χ0v) is 20.4. The van der Waals surface area contributed by atoms with Crippen molar-refractivity contribution in [2.45, 2.75) is 31.8 Å². The van der Waals surface area contributed by atoms with Crippen LogP contribution in [0.2, 0.25) is 0 Å². The van der Waals surface area contributed by atoms with Crippen molar-refractivity contribution in [3.63, 3.8) is 0 Å². The van der Waals surface area contributed by atoms with Gasteiger partial charge in [-0.1, -0.05) is 6.07 Å². The van der Waals surface area contributed by atoms with Crippen LogP contribution < -0.4 is 18.9 Å². The van der Waals surface area contributed by atoms with Crippen LogP contribution in [0.3, 0.4) is 0 Å². The molecule has 0 saturated carbocycles. The average Bonchev–Trinajstić information content (AvgIpc) is 3.41. The summed E-state index contributed by atoms with van der Waals surface area (Å²) in [4.78, 5) is 15.6. The zero-order valence-electron chi connectivity index (χ0n) is 20.4. The van der Waals surface area contributed by atoms with Crippen LogP contribution in [0.5, 0.6) is 23.0 Å². The van der Waals surface area contributed by atoms with Gasteiger partial charge in [-0.25, -0.2) is 0 Å². The van der Waals surface area contributed by atoms with E-state index in [4.69, 9.17) is 18.9 Å². The number of ketones is 1. The Labute approximate surface area is 205 Å². The van der Waals surface area contributed by atoms with Gasteiger partial charge in [-0.3, -0.25) is 4.79 Å². The van der Waals surface area contributed by atoms with E-state index >= 15 is 0 Å². The molecule has 1 aromatic heterocycles. The highest BCUT2D eigenvalue weighted by molar-refractivity contribution is 6.05. The van der Waals surface area contributed by atoms with Crippen molar-refractivity contribution < 1.29 is 23.7 Å². The minimum absolute atomic E-state index is 0.0934. The second-order valence-electron chi connectivity index (χ2n) is 9.34. The molecule has 0 aliphatic carbocycles. The van der Waals surface area contributed by atoms with Gasteiger partial charge in [-0.2, -0.15) is 0 Å². The number of hydrogen-bond donors (Lipinski definition) is 1. The summed E-state index contributed by atoms with van der Waals surface area (Å²) >= 11 is 0. The lowest BCUT2D eigenvalue weighted by Crippen LogP contribution is -2.29. The minimum Gasteiger partial charge on any atom is -0.497 e. The van der Waals surface area contributed by atoms with Crippen molar-refractivity contribution in [3.05, 3.63) is 82.7 Å². The Hall–Kier alpha value is -3.93. The summed E-state index contributed by atoms with van der Waals surface area (Å²) in [6.07, 6.45) is 10.0. The normalized spacial score (nSPS) is 17.8. The predicted molar refractivity (Wildman–Crippen MR) is 136 cm³/mol. The van der Waals surface area contributed by atoms with Crippen LogP contribution in [0, 0.1) is 0 Å². The third-order valence-corrected chi connectivity index (χ3v) is 6.44. The summed E-state index contributed by atoms with van der Waals surface area (Å²) in [5, 5.41) is 0. The Bertz CT molecular complexity index is 1320. The van der Waals surface area contributed by atoms with Gasteiger partial charge < -0.3 is 23.9 Å². The average molecular weight is 472 g/mol. The van der Waals surface area contributed by atoms with Crippen LogP contribution in [0.1, 0.15) is 52.5 Å². The highest BCUT2D eigenvalue weighted by Crippen LogP contribution is 2.46. The smallest absolute Gasteiger partial charge is 0.201 e. The predicted octanol–water partition coefficient (Wildman–Crippen LogP) is 5.83. The largest absolute Gasteiger partial charge is 0.497 e. The summed E-state index contributed by atoms with van der Waals surface area (Å²) in [5.41, 5.74) is 3.99. The lowest BCUT2D eigenvalue weighted by molar-refractivity contribution is 0.104. The lowest BCUT2D eigenvalue weighted by atomic mass is 9.86. The Kier molecular flexibility index (Phi) is 5.89. The number of carbonyl (C=O) groups is 1. The van der Waals surface area contributed by atoms with Crippen LogP contribution in [0.4, 0.5) is 0 Å². The maximum Gasteiger partial charge on any atom is 0.201 e. The third kappa shape index (κ3) is 4.44. The number of aromatic nitrogens is 1. The molecule has 0 saturated heterocycles. The summed E-state index contributed by atoms with van der Waals surface area (Å²) in [5.74, 6) is 3.12. The molecule has 0 radical (unpaired) electrons. The number of methoxy groups -OCH3 is 2. The Balaban J connectivity index is 1.54. The monoisotopic (exact) mass is 471 g/mol. The number of aromatic amines is 1. The quantitative estimate of drug-likeness (QED) is 0.362. The molecule has 35 heavy (non-hydrogen) atoms. The SMILES string of the molecule is COc1ccc([C@@H]2COc3c(cc(/C=C/C(=O)c4ccc[nH]4)c4c3C=CC(C)(C)O4)C2)c(OC)c1. The van der Waals surface area contributed by atoms with Crippen molar-refractivity contribution in [3.8, 4) is 23.0 Å². The molecule has 3 heterocycles. The molecule has 0 spiro atoms. The number of rotatable bonds is 6. The molecule has 0 bridgehead atoms. The van der Waals surface area contributed by atoms with Gasteiger partial charge in [-0.15, -0.1) is 0 Å². The molecule has 1 atom stereocenters. The van der Waals surface area contributed by atoms with E-state index in [9.17, 15) is 4.79 Å². The van der Waals surface area contributed by atoms with E-state index in [1.54, 1.807) is 32.6 Å². The van der Waals surface area contributed by atoms with Crippen molar-refractivity contribution in [2.75, 3.05) is 20.8 Å². The van der Waals surface area contributed by atoms with Crippen molar-refractivity contribution in [1.29, 1.82) is 0 Å². The van der Waals surface area contributed by atoms with Gasteiger partial charge in [0.05, 0.1) is 32.1 Å². The highest BCUT2D eigenvalue weighted by Gasteiger charge is 2.32. The standard InChI is InChI=1S/C29H29NO5/c1-29(2)12-11-23-27-19(14-18(28(23)35-29)7-10-25(31)24-6-5-13-30-24)15-20(17-34-27)22-9-8-21(32-3)16-26(22)33-4/h5-14,16,20,30H,15,17H2,1-4H3/b10-7+/t20-/m0/s1. The molecule has 1 N–H and O–H groups in total. The first kappa shape index (κ1) is 22.8. The first-order valence-corrected chi connectivity index (χ1v) is 11.7. The highest BCUT2D eigenvalue weighted by atomic mass is 16.5. The summed E-state index contributed by atoms with van der Waals surface area (Å²) in [6, 6.07) is 11.5. The van der Waals surface area contributed by atoms with Gasteiger partial charge in [0, 0.05) is 29.3 Å². The molecule has 6 nitrogen and oxygen atoms in total. The number of nitrogens with one attached hydrogen (secondary N) is 1. The molecular formula is C29H29NO5. The van der Waals surface area contributed by atoms with Gasteiger partial charge >= 0.3 is 0 Å². The van der Waals surface area contributed by atoms with Gasteiger partial charge in [0.15, 0.2) is 0 Å². The second kappa shape index (κ2) is 9.02. The maximum atomic E-state index is 12.6. The van der Waals surface area contributed by atoms with E-state index in [0.29, 0.717) is 12.3 Å². The molecule has 2 aliphatic heterocycles. The number of benzene rings is 2. The topological polar surface area (TPSA) is 69.8 Å². The van der Waals surface area contributed by atoms with E-state index < -0.39 is 5.60 Å². The van der Waals surface area contributed by atoms with Crippen molar-refractivity contribution >= 4 is 17.9 Å². The lowest BCUT2D eigenvalue weighted by Gasteiger charge is -2.34.